The van der Waals surface area contributed by atoms with Crippen LogP contribution in [0.3, 0.4) is 0 Å². The van der Waals surface area contributed by atoms with Crippen LogP contribution in [0.5, 0.6) is 0 Å². The average molecular weight is 412 g/mol. The van der Waals surface area contributed by atoms with Gasteiger partial charge in [-0.25, -0.2) is 4.98 Å². The molecule has 0 saturated carbocycles. The highest BCUT2D eigenvalue weighted by molar-refractivity contribution is 7.99. The van der Waals surface area contributed by atoms with E-state index in [-0.39, 0.29) is 12.3 Å². The number of hydrogen-bond acceptors (Lipinski definition) is 5. The van der Waals surface area contributed by atoms with E-state index in [1.54, 1.807) is 24.0 Å². The lowest BCUT2D eigenvalue weighted by Crippen LogP contribution is -2.13. The normalized spacial score (nSPS) is 10.4. The van der Waals surface area contributed by atoms with Gasteiger partial charge in [0.25, 0.3) is 0 Å². The highest BCUT2D eigenvalue weighted by atomic mass is 35.5. The van der Waals surface area contributed by atoms with Gasteiger partial charge in [-0.05, 0) is 24.3 Å². The van der Waals surface area contributed by atoms with E-state index in [2.05, 4.69) is 16.4 Å². The first-order valence-electron chi connectivity index (χ1n) is 8.75. The number of carbonyl (C=O) groups excluding carboxylic acids is 1. The van der Waals surface area contributed by atoms with Gasteiger partial charge in [-0.1, -0.05) is 35.9 Å². The fourth-order valence-corrected chi connectivity index (χ4v) is 3.64. The predicted octanol–water partition coefficient (Wildman–Crippen LogP) is 5.57. The molecule has 1 N–H and O–H groups in total. The van der Waals surface area contributed by atoms with Crippen LogP contribution in [0.1, 0.15) is 18.7 Å². The quantitative estimate of drug-likeness (QED) is 0.387. The zero-order valence-electron chi connectivity index (χ0n) is 15.0. The number of nitrogens with one attached hydrogen (secondary N) is 1. The summed E-state index contributed by atoms with van der Waals surface area (Å²) in [7, 11) is 0. The molecule has 0 spiro atoms. The topological polar surface area (TPSA) is 78.9 Å². The number of anilines is 1. The van der Waals surface area contributed by atoms with Crippen LogP contribution in [0.2, 0.25) is 5.02 Å². The first kappa shape index (κ1) is 20.0. The summed E-state index contributed by atoms with van der Waals surface area (Å²) >= 11 is 7.72. The third-order valence-electron chi connectivity index (χ3n) is 3.89. The second kappa shape index (κ2) is 9.98. The van der Waals surface area contributed by atoms with Crippen molar-refractivity contribution in [1.82, 2.24) is 4.98 Å². The van der Waals surface area contributed by atoms with Gasteiger partial charge in [0.1, 0.15) is 0 Å². The number of para-hydroxylation sites is 1. The van der Waals surface area contributed by atoms with Gasteiger partial charge in [0, 0.05) is 35.5 Å². The maximum atomic E-state index is 12.3. The molecule has 3 rings (SSSR count). The molecule has 1 heterocycles. The van der Waals surface area contributed by atoms with Crippen LogP contribution in [0.15, 0.2) is 64.0 Å². The lowest BCUT2D eigenvalue weighted by molar-refractivity contribution is -0.116. The maximum absolute atomic E-state index is 12.3. The van der Waals surface area contributed by atoms with E-state index in [0.29, 0.717) is 35.3 Å². The molecule has 0 saturated heterocycles. The van der Waals surface area contributed by atoms with Crippen molar-refractivity contribution in [2.75, 3.05) is 11.1 Å². The van der Waals surface area contributed by atoms with Gasteiger partial charge in [0.2, 0.25) is 5.91 Å². The number of thioether (sulfide) groups is 1. The third-order valence-corrected chi connectivity index (χ3v) is 5.30. The van der Waals surface area contributed by atoms with Gasteiger partial charge in [-0.2, -0.15) is 5.26 Å². The Labute approximate surface area is 172 Å². The Hall–Kier alpha value is -2.75. The molecule has 0 radical (unpaired) electrons. The monoisotopic (exact) mass is 411 g/mol. The summed E-state index contributed by atoms with van der Waals surface area (Å²) in [6.45, 7) is 0. The summed E-state index contributed by atoms with van der Waals surface area (Å²) in [6, 6.07) is 17.1. The fourth-order valence-electron chi connectivity index (χ4n) is 2.55. The fraction of sp³-hybridized carbons (Fsp3) is 0.190. The van der Waals surface area contributed by atoms with Gasteiger partial charge in [-0.15, -0.1) is 11.8 Å². The first-order valence-corrected chi connectivity index (χ1v) is 10.1. The lowest BCUT2D eigenvalue weighted by Gasteiger charge is -2.09. The van der Waals surface area contributed by atoms with E-state index >= 15 is 0 Å². The molecule has 7 heteroatoms. The smallest absolute Gasteiger partial charge is 0.224 e. The number of aryl methyl sites for hydroxylation is 1. The van der Waals surface area contributed by atoms with Crippen LogP contribution < -0.4 is 5.32 Å². The average Bonchev–Trinajstić information content (AvgIpc) is 3.17. The van der Waals surface area contributed by atoms with Crippen LogP contribution in [-0.2, 0) is 11.2 Å². The number of rotatable bonds is 8. The second-order valence-electron chi connectivity index (χ2n) is 5.90. The van der Waals surface area contributed by atoms with Crippen LogP contribution in [-0.4, -0.2) is 16.6 Å². The summed E-state index contributed by atoms with van der Waals surface area (Å²) in [5.41, 5.74) is 1.52. The Kier molecular flexibility index (Phi) is 7.12. The Balaban J connectivity index is 1.57. The highest BCUT2D eigenvalue weighted by Gasteiger charge is 2.12. The van der Waals surface area contributed by atoms with Crippen molar-refractivity contribution in [3.8, 4) is 17.4 Å². The number of nitriles is 1. The third kappa shape index (κ3) is 5.38. The van der Waals surface area contributed by atoms with Gasteiger partial charge < -0.3 is 9.73 Å². The number of aromatic nitrogens is 1. The Morgan fingerprint density at radius 1 is 1.21 bits per heavy atom. The molecule has 2 aromatic carbocycles. The van der Waals surface area contributed by atoms with Gasteiger partial charge >= 0.3 is 0 Å². The summed E-state index contributed by atoms with van der Waals surface area (Å²) in [4.78, 5) is 17.5. The van der Waals surface area contributed by atoms with Crippen LogP contribution in [0.25, 0.3) is 11.3 Å². The van der Waals surface area contributed by atoms with Crippen molar-refractivity contribution in [3.63, 3.8) is 0 Å². The molecule has 0 bridgehead atoms. The van der Waals surface area contributed by atoms with E-state index in [4.69, 9.17) is 21.3 Å². The second-order valence-corrected chi connectivity index (χ2v) is 7.44. The van der Waals surface area contributed by atoms with E-state index in [0.717, 1.165) is 16.1 Å². The van der Waals surface area contributed by atoms with Gasteiger partial charge in [0.05, 0.1) is 23.0 Å². The summed E-state index contributed by atoms with van der Waals surface area (Å²) in [6.07, 6.45) is 2.72. The minimum atomic E-state index is -0.120. The predicted molar refractivity (Wildman–Crippen MR) is 111 cm³/mol. The Bertz CT molecular complexity index is 997. The molecule has 28 heavy (non-hydrogen) atoms. The number of halogens is 1. The van der Waals surface area contributed by atoms with Gasteiger partial charge in [-0.3, -0.25) is 4.79 Å². The van der Waals surface area contributed by atoms with Crippen molar-refractivity contribution in [2.24, 2.45) is 0 Å². The van der Waals surface area contributed by atoms with Crippen LogP contribution >= 0.6 is 23.4 Å². The number of hydrogen-bond donors (Lipinski definition) is 1. The number of oxazole rings is 1. The van der Waals surface area contributed by atoms with Crippen LogP contribution in [0, 0.1) is 11.3 Å². The van der Waals surface area contributed by atoms with Crippen molar-refractivity contribution in [3.05, 3.63) is 65.6 Å². The SMILES string of the molecule is N#CCCSc1ccccc1NC(=O)CCc1ncc(-c2ccccc2Cl)o1. The molecule has 0 aliphatic heterocycles. The van der Waals surface area contributed by atoms with E-state index in [1.165, 1.54) is 0 Å². The molecule has 142 valence electrons. The van der Waals surface area contributed by atoms with Crippen LogP contribution in [0.4, 0.5) is 5.69 Å². The zero-order valence-corrected chi connectivity index (χ0v) is 16.6. The standard InChI is InChI=1S/C21H18ClN3O2S/c22-16-7-2-1-6-15(16)18-14-24-21(27-18)11-10-20(26)25-17-8-3-4-9-19(17)28-13-5-12-23/h1-4,6-9,14H,5,10-11,13H2,(H,25,26). The summed E-state index contributed by atoms with van der Waals surface area (Å²) in [5, 5.41) is 12.2. The van der Waals surface area contributed by atoms with E-state index in [1.807, 2.05) is 42.5 Å². The molecule has 0 aliphatic rings. The summed E-state index contributed by atoms with van der Waals surface area (Å²) in [5.74, 6) is 1.64. The minimum Gasteiger partial charge on any atom is -0.441 e. The first-order chi connectivity index (χ1) is 13.7. The molecular weight excluding hydrogens is 394 g/mol. The highest BCUT2D eigenvalue weighted by Crippen LogP contribution is 2.29. The Morgan fingerprint density at radius 2 is 2.00 bits per heavy atom. The zero-order chi connectivity index (χ0) is 19.8. The molecule has 1 aromatic heterocycles. The molecule has 0 aliphatic carbocycles. The maximum Gasteiger partial charge on any atom is 0.224 e. The Morgan fingerprint density at radius 3 is 2.82 bits per heavy atom. The van der Waals surface area contributed by atoms with E-state index < -0.39 is 0 Å². The van der Waals surface area contributed by atoms with Crippen molar-refractivity contribution in [1.29, 1.82) is 5.26 Å². The van der Waals surface area contributed by atoms with Crippen molar-refractivity contribution in [2.45, 2.75) is 24.2 Å². The lowest BCUT2D eigenvalue weighted by atomic mass is 10.2. The largest absolute Gasteiger partial charge is 0.441 e. The number of amides is 1. The molecule has 5 nitrogen and oxygen atoms in total. The van der Waals surface area contributed by atoms with Crippen molar-refractivity contribution >= 4 is 35.0 Å². The van der Waals surface area contributed by atoms with Crippen molar-refractivity contribution < 1.29 is 9.21 Å². The number of nitrogens with zero attached hydrogens (tertiary/aromatic N) is 2. The molecule has 0 unspecified atom stereocenters. The molecular formula is C21H18ClN3O2S. The molecule has 3 aromatic rings. The number of benzene rings is 2. The summed E-state index contributed by atoms with van der Waals surface area (Å²) < 4.78 is 5.73. The molecule has 0 fully saturated rings. The van der Waals surface area contributed by atoms with E-state index in [9.17, 15) is 4.79 Å². The number of carbonyl (C=O) groups is 1. The van der Waals surface area contributed by atoms with Gasteiger partial charge in [0.15, 0.2) is 11.7 Å². The molecule has 1 amide bonds. The minimum absolute atomic E-state index is 0.120. The molecule has 0 atom stereocenters.